The number of ether oxygens (including phenoxy) is 1. The van der Waals surface area contributed by atoms with Crippen LogP contribution in [0.15, 0.2) is 23.1 Å². The summed E-state index contributed by atoms with van der Waals surface area (Å²) in [6, 6.07) is 4.25. The Morgan fingerprint density at radius 1 is 1.41 bits per heavy atom. The molecule has 1 aromatic rings. The number of halogens is 2. The molecule has 0 aliphatic carbocycles. The van der Waals surface area contributed by atoms with Gasteiger partial charge >= 0.3 is 0 Å². The Morgan fingerprint density at radius 2 is 2.12 bits per heavy atom. The molecule has 6 heteroatoms. The Kier molecular flexibility index (Phi) is 5.13. The number of hydrogen-bond donors (Lipinski definition) is 0. The van der Waals surface area contributed by atoms with Crippen molar-refractivity contribution in [1.82, 2.24) is 0 Å². The lowest BCUT2D eigenvalue weighted by Gasteiger charge is -2.09. The maximum atomic E-state index is 11.3. The van der Waals surface area contributed by atoms with Crippen LogP contribution in [0.1, 0.15) is 12.8 Å². The Balaban J connectivity index is 2.89. The second-order valence-electron chi connectivity index (χ2n) is 3.19. The average Bonchev–Trinajstić information content (AvgIpc) is 2.25. The number of rotatable bonds is 5. The lowest BCUT2D eigenvalue weighted by atomic mass is 10.3. The minimum Gasteiger partial charge on any atom is -0.492 e. The standard InChI is InChI=1S/C11H10Cl2O3S/c1-2-3-4-7-16-10-6-5-9(12)8-11(10)17(13,14)15/h1,5-6,8H,3-4,7H2. The second-order valence-corrected chi connectivity index (χ2v) is 6.16. The molecule has 1 rings (SSSR count). The molecule has 92 valence electrons. The summed E-state index contributed by atoms with van der Waals surface area (Å²) < 4.78 is 27.9. The lowest BCUT2D eigenvalue weighted by molar-refractivity contribution is 0.305. The normalized spacial score (nSPS) is 10.9. The molecule has 0 amide bonds. The summed E-state index contributed by atoms with van der Waals surface area (Å²) >= 11 is 5.70. The number of terminal acetylenes is 1. The molecule has 3 nitrogen and oxygen atoms in total. The largest absolute Gasteiger partial charge is 0.492 e. The lowest BCUT2D eigenvalue weighted by Crippen LogP contribution is -2.01. The van der Waals surface area contributed by atoms with Crippen LogP contribution < -0.4 is 4.74 Å². The molecule has 0 fully saturated rings. The maximum Gasteiger partial charge on any atom is 0.265 e. The van der Waals surface area contributed by atoms with Gasteiger partial charge in [-0.3, -0.25) is 0 Å². The second kappa shape index (κ2) is 6.15. The van der Waals surface area contributed by atoms with Gasteiger partial charge in [0.15, 0.2) is 0 Å². The SMILES string of the molecule is C#CCCCOc1ccc(Cl)cc1S(=O)(=O)Cl. The molecule has 0 aliphatic heterocycles. The van der Waals surface area contributed by atoms with Crippen molar-refractivity contribution in [3.8, 4) is 18.1 Å². The molecule has 0 radical (unpaired) electrons. The van der Waals surface area contributed by atoms with Gasteiger partial charge in [0.25, 0.3) is 9.05 Å². The number of benzene rings is 1. The van der Waals surface area contributed by atoms with Gasteiger partial charge in [-0.15, -0.1) is 12.3 Å². The summed E-state index contributed by atoms with van der Waals surface area (Å²) in [5.41, 5.74) is 0. The van der Waals surface area contributed by atoms with Gasteiger partial charge in [0.1, 0.15) is 10.6 Å². The van der Waals surface area contributed by atoms with Crippen LogP contribution in [0.3, 0.4) is 0 Å². The van der Waals surface area contributed by atoms with Crippen molar-refractivity contribution in [2.75, 3.05) is 6.61 Å². The van der Waals surface area contributed by atoms with Gasteiger partial charge in [-0.1, -0.05) is 11.6 Å². The van der Waals surface area contributed by atoms with E-state index < -0.39 is 9.05 Å². The van der Waals surface area contributed by atoms with Crippen molar-refractivity contribution in [3.05, 3.63) is 23.2 Å². The Bertz CT molecular complexity index is 532. The fourth-order valence-corrected chi connectivity index (χ4v) is 2.38. The van der Waals surface area contributed by atoms with E-state index in [-0.39, 0.29) is 15.7 Å². The van der Waals surface area contributed by atoms with Gasteiger partial charge in [-0.2, -0.15) is 0 Å². The highest BCUT2D eigenvalue weighted by Gasteiger charge is 2.17. The van der Waals surface area contributed by atoms with Crippen LogP contribution in [0.2, 0.25) is 5.02 Å². The first-order valence-corrected chi connectivity index (χ1v) is 7.44. The molecule has 0 atom stereocenters. The van der Waals surface area contributed by atoms with Gasteiger partial charge in [0.05, 0.1) is 6.61 Å². The molecule has 0 N–H and O–H groups in total. The first-order valence-electron chi connectivity index (χ1n) is 4.75. The summed E-state index contributed by atoms with van der Waals surface area (Å²) in [6.07, 6.45) is 6.29. The van der Waals surface area contributed by atoms with Gasteiger partial charge in [-0.25, -0.2) is 8.42 Å². The molecule has 0 spiro atoms. The highest BCUT2D eigenvalue weighted by atomic mass is 35.7. The fraction of sp³-hybridized carbons (Fsp3) is 0.273. The summed E-state index contributed by atoms with van der Waals surface area (Å²) in [4.78, 5) is -0.132. The van der Waals surface area contributed by atoms with Crippen molar-refractivity contribution in [2.45, 2.75) is 17.7 Å². The van der Waals surface area contributed by atoms with Crippen LogP contribution >= 0.6 is 22.3 Å². The van der Waals surface area contributed by atoms with Crippen molar-refractivity contribution >= 4 is 31.3 Å². The zero-order valence-electron chi connectivity index (χ0n) is 8.82. The van der Waals surface area contributed by atoms with Crippen LogP contribution in [-0.2, 0) is 9.05 Å². The van der Waals surface area contributed by atoms with Crippen molar-refractivity contribution in [2.24, 2.45) is 0 Å². The zero-order chi connectivity index (χ0) is 12.9. The van der Waals surface area contributed by atoms with E-state index >= 15 is 0 Å². The summed E-state index contributed by atoms with van der Waals surface area (Å²) in [5.74, 6) is 2.64. The fourth-order valence-electron chi connectivity index (χ4n) is 1.15. The van der Waals surface area contributed by atoms with Gasteiger partial charge in [0, 0.05) is 22.1 Å². The Morgan fingerprint density at radius 3 is 2.71 bits per heavy atom. The van der Waals surface area contributed by atoms with Crippen LogP contribution in [-0.4, -0.2) is 15.0 Å². The van der Waals surface area contributed by atoms with Crippen LogP contribution in [0.5, 0.6) is 5.75 Å². The van der Waals surface area contributed by atoms with Crippen molar-refractivity contribution in [3.63, 3.8) is 0 Å². The van der Waals surface area contributed by atoms with E-state index in [9.17, 15) is 8.42 Å². The monoisotopic (exact) mass is 292 g/mol. The highest BCUT2D eigenvalue weighted by Crippen LogP contribution is 2.29. The third-order valence-corrected chi connectivity index (χ3v) is 3.47. The van der Waals surface area contributed by atoms with E-state index in [1.807, 2.05) is 0 Å². The molecular weight excluding hydrogens is 283 g/mol. The predicted molar refractivity (Wildman–Crippen MR) is 68.1 cm³/mol. The Hall–Kier alpha value is -0.890. The average molecular weight is 293 g/mol. The van der Waals surface area contributed by atoms with Crippen LogP contribution in [0.4, 0.5) is 0 Å². The first-order chi connectivity index (χ1) is 7.95. The number of hydrogen-bond acceptors (Lipinski definition) is 3. The smallest absolute Gasteiger partial charge is 0.265 e. The van der Waals surface area contributed by atoms with E-state index in [0.29, 0.717) is 19.4 Å². The molecule has 1 aromatic carbocycles. The molecule has 0 aliphatic rings. The summed E-state index contributed by atoms with van der Waals surface area (Å²) in [6.45, 7) is 0.325. The molecule has 0 saturated heterocycles. The molecule has 0 bridgehead atoms. The maximum absolute atomic E-state index is 11.3. The Labute approximate surface area is 110 Å². The summed E-state index contributed by atoms with van der Waals surface area (Å²) in [7, 11) is 1.40. The van der Waals surface area contributed by atoms with Crippen LogP contribution in [0, 0.1) is 12.3 Å². The molecule has 0 saturated carbocycles. The van der Waals surface area contributed by atoms with E-state index in [1.165, 1.54) is 18.2 Å². The number of unbranched alkanes of at least 4 members (excludes halogenated alkanes) is 1. The minimum absolute atomic E-state index is 0.132. The van der Waals surface area contributed by atoms with E-state index in [0.717, 1.165) is 0 Å². The highest BCUT2D eigenvalue weighted by molar-refractivity contribution is 8.13. The van der Waals surface area contributed by atoms with Gasteiger partial charge in [0.2, 0.25) is 0 Å². The molecular formula is C11H10Cl2O3S. The van der Waals surface area contributed by atoms with E-state index in [4.69, 9.17) is 33.4 Å². The minimum atomic E-state index is -3.88. The summed E-state index contributed by atoms with van der Waals surface area (Å²) in [5, 5.41) is 0.278. The third-order valence-electron chi connectivity index (χ3n) is 1.89. The third kappa shape index (κ3) is 4.47. The topological polar surface area (TPSA) is 43.4 Å². The van der Waals surface area contributed by atoms with Crippen molar-refractivity contribution in [1.29, 1.82) is 0 Å². The van der Waals surface area contributed by atoms with Gasteiger partial charge < -0.3 is 4.74 Å². The molecule has 0 unspecified atom stereocenters. The van der Waals surface area contributed by atoms with Crippen LogP contribution in [0.25, 0.3) is 0 Å². The molecule has 0 heterocycles. The van der Waals surface area contributed by atoms with E-state index in [1.54, 1.807) is 0 Å². The molecule has 0 aromatic heterocycles. The van der Waals surface area contributed by atoms with Crippen molar-refractivity contribution < 1.29 is 13.2 Å². The van der Waals surface area contributed by atoms with E-state index in [2.05, 4.69) is 5.92 Å². The first kappa shape index (κ1) is 14.2. The predicted octanol–water partition coefficient (Wildman–Crippen LogP) is 3.06. The molecule has 17 heavy (non-hydrogen) atoms. The zero-order valence-corrected chi connectivity index (χ0v) is 11.1. The quantitative estimate of drug-likeness (QED) is 0.476. The van der Waals surface area contributed by atoms with Gasteiger partial charge in [-0.05, 0) is 24.6 Å².